The summed E-state index contributed by atoms with van der Waals surface area (Å²) in [4.78, 5) is 18.3. The second-order valence-corrected chi connectivity index (χ2v) is 7.80. The molecule has 4 nitrogen and oxygen atoms in total. The Morgan fingerprint density at radius 2 is 1.72 bits per heavy atom. The lowest BCUT2D eigenvalue weighted by Crippen LogP contribution is -2.64. The highest BCUT2D eigenvalue weighted by atomic mass is 16.2. The Labute approximate surface area is 152 Å². The summed E-state index contributed by atoms with van der Waals surface area (Å²) in [5.41, 5.74) is 2.30. The van der Waals surface area contributed by atoms with Crippen molar-refractivity contribution >= 4 is 5.91 Å². The minimum atomic E-state index is -0.392. The normalized spacial score (nSPS) is 21.7. The van der Waals surface area contributed by atoms with Crippen molar-refractivity contribution in [3.63, 3.8) is 0 Å². The first-order chi connectivity index (χ1) is 12.1. The molecule has 0 spiro atoms. The van der Waals surface area contributed by atoms with Crippen LogP contribution in [0.3, 0.4) is 0 Å². The Hall–Kier alpha value is -1.39. The molecule has 0 radical (unpaired) electrons. The second-order valence-electron chi connectivity index (χ2n) is 7.80. The second kappa shape index (κ2) is 7.88. The number of rotatable bonds is 6. The third-order valence-electron chi connectivity index (χ3n) is 6.24. The standard InChI is InChI=1S/C21H33N3O/c1-4-17(3)16-22-20(25)21(24-12-10-23(5-2)11-13-24)14-18-8-6-7-9-19(18)15-21/h6-9,17H,4-5,10-16H2,1-3H3,(H,22,25)/t17-/m1/s1. The van der Waals surface area contributed by atoms with E-state index >= 15 is 0 Å². The molecule has 1 saturated heterocycles. The van der Waals surface area contributed by atoms with Gasteiger partial charge < -0.3 is 10.2 Å². The van der Waals surface area contributed by atoms with E-state index in [0.29, 0.717) is 5.92 Å². The summed E-state index contributed by atoms with van der Waals surface area (Å²) in [5.74, 6) is 0.760. The van der Waals surface area contributed by atoms with E-state index in [1.54, 1.807) is 0 Å². The molecule has 0 bridgehead atoms. The number of hydrogen-bond donors (Lipinski definition) is 1. The van der Waals surface area contributed by atoms with E-state index < -0.39 is 5.54 Å². The van der Waals surface area contributed by atoms with Gasteiger partial charge in [0.05, 0.1) is 0 Å². The number of likely N-dealkylation sites (N-methyl/N-ethyl adjacent to an activating group) is 1. The van der Waals surface area contributed by atoms with Crippen LogP contribution in [-0.2, 0) is 17.6 Å². The van der Waals surface area contributed by atoms with Crippen molar-refractivity contribution in [3.05, 3.63) is 35.4 Å². The molecule has 1 amide bonds. The number of piperazine rings is 1. The van der Waals surface area contributed by atoms with Gasteiger partial charge in [0.15, 0.2) is 0 Å². The van der Waals surface area contributed by atoms with Crippen LogP contribution in [0.15, 0.2) is 24.3 Å². The molecule has 25 heavy (non-hydrogen) atoms. The Morgan fingerprint density at radius 1 is 1.12 bits per heavy atom. The maximum atomic E-state index is 13.3. The summed E-state index contributed by atoms with van der Waals surface area (Å²) in [6.45, 7) is 12.6. The molecule has 0 aromatic heterocycles. The first-order valence-electron chi connectivity index (χ1n) is 9.91. The Morgan fingerprint density at radius 3 is 2.24 bits per heavy atom. The molecule has 1 heterocycles. The van der Waals surface area contributed by atoms with Gasteiger partial charge in [0, 0.05) is 45.6 Å². The van der Waals surface area contributed by atoms with Gasteiger partial charge in [-0.25, -0.2) is 0 Å². The minimum absolute atomic E-state index is 0.231. The summed E-state index contributed by atoms with van der Waals surface area (Å²) in [7, 11) is 0. The highest BCUT2D eigenvalue weighted by Gasteiger charge is 2.48. The number of carbonyl (C=O) groups is 1. The van der Waals surface area contributed by atoms with E-state index in [1.807, 2.05) is 0 Å². The highest BCUT2D eigenvalue weighted by molar-refractivity contribution is 5.88. The predicted octanol–water partition coefficient (Wildman–Crippen LogP) is 2.32. The van der Waals surface area contributed by atoms with Crippen molar-refractivity contribution in [1.29, 1.82) is 0 Å². The molecule has 1 N–H and O–H groups in total. The molecule has 1 aliphatic heterocycles. The number of amides is 1. The molecule has 0 unspecified atom stereocenters. The molecule has 0 saturated carbocycles. The SMILES string of the molecule is CC[C@@H](C)CNC(=O)C1(N2CCN(CC)CC2)Cc2ccccc2C1. The summed E-state index contributed by atoms with van der Waals surface area (Å²) in [6, 6.07) is 8.59. The van der Waals surface area contributed by atoms with E-state index in [1.165, 1.54) is 11.1 Å². The van der Waals surface area contributed by atoms with Gasteiger partial charge in [-0.3, -0.25) is 9.69 Å². The fourth-order valence-electron chi connectivity index (χ4n) is 4.19. The summed E-state index contributed by atoms with van der Waals surface area (Å²) in [6.07, 6.45) is 2.80. The van der Waals surface area contributed by atoms with E-state index in [9.17, 15) is 4.79 Å². The molecule has 1 aliphatic carbocycles. The van der Waals surface area contributed by atoms with Gasteiger partial charge in [0.1, 0.15) is 5.54 Å². The van der Waals surface area contributed by atoms with Crippen LogP contribution in [-0.4, -0.2) is 60.5 Å². The van der Waals surface area contributed by atoms with Crippen LogP contribution >= 0.6 is 0 Å². The number of nitrogens with one attached hydrogen (secondary N) is 1. The molecular weight excluding hydrogens is 310 g/mol. The molecule has 1 aromatic rings. The van der Waals surface area contributed by atoms with Crippen molar-refractivity contribution in [2.24, 2.45) is 5.92 Å². The maximum absolute atomic E-state index is 13.3. The van der Waals surface area contributed by atoms with Crippen LogP contribution in [0, 0.1) is 5.92 Å². The molecule has 2 aliphatic rings. The number of benzene rings is 1. The molecular formula is C21H33N3O. The first-order valence-corrected chi connectivity index (χ1v) is 9.91. The monoisotopic (exact) mass is 343 g/mol. The lowest BCUT2D eigenvalue weighted by atomic mass is 9.90. The number of hydrogen-bond acceptors (Lipinski definition) is 3. The van der Waals surface area contributed by atoms with Crippen molar-refractivity contribution in [2.75, 3.05) is 39.3 Å². The molecule has 3 rings (SSSR count). The Balaban J connectivity index is 1.79. The van der Waals surface area contributed by atoms with Crippen molar-refractivity contribution < 1.29 is 4.79 Å². The Bertz CT molecular complexity index is 568. The minimum Gasteiger partial charge on any atom is -0.354 e. The van der Waals surface area contributed by atoms with Crippen molar-refractivity contribution in [3.8, 4) is 0 Å². The molecule has 138 valence electrons. The third kappa shape index (κ3) is 3.75. The average molecular weight is 344 g/mol. The van der Waals surface area contributed by atoms with Gasteiger partial charge in [0.25, 0.3) is 0 Å². The molecule has 1 fully saturated rings. The predicted molar refractivity (Wildman–Crippen MR) is 103 cm³/mol. The van der Waals surface area contributed by atoms with Crippen molar-refractivity contribution in [1.82, 2.24) is 15.1 Å². The van der Waals surface area contributed by atoms with Crippen LogP contribution in [0.2, 0.25) is 0 Å². The number of fused-ring (bicyclic) bond motifs is 1. The summed E-state index contributed by atoms with van der Waals surface area (Å²) < 4.78 is 0. The number of nitrogens with zero attached hydrogens (tertiary/aromatic N) is 2. The van der Waals surface area contributed by atoms with Crippen molar-refractivity contribution in [2.45, 2.75) is 45.6 Å². The van der Waals surface area contributed by atoms with E-state index in [2.05, 4.69) is 60.2 Å². The maximum Gasteiger partial charge on any atom is 0.241 e. The zero-order chi connectivity index (χ0) is 17.9. The van der Waals surface area contributed by atoms with Crippen LogP contribution < -0.4 is 5.32 Å². The van der Waals surface area contributed by atoms with E-state index in [4.69, 9.17) is 0 Å². The van der Waals surface area contributed by atoms with E-state index in [-0.39, 0.29) is 5.91 Å². The average Bonchev–Trinajstić information content (AvgIpc) is 3.06. The quantitative estimate of drug-likeness (QED) is 0.861. The van der Waals surface area contributed by atoms with Gasteiger partial charge >= 0.3 is 0 Å². The first kappa shape index (κ1) is 18.4. The fourth-order valence-corrected chi connectivity index (χ4v) is 4.19. The number of carbonyl (C=O) groups excluding carboxylic acids is 1. The highest BCUT2D eigenvalue weighted by Crippen LogP contribution is 2.35. The molecule has 1 aromatic carbocycles. The van der Waals surface area contributed by atoms with Gasteiger partial charge in [-0.2, -0.15) is 0 Å². The van der Waals surface area contributed by atoms with Crippen LogP contribution in [0.1, 0.15) is 38.3 Å². The van der Waals surface area contributed by atoms with Gasteiger partial charge in [0.2, 0.25) is 5.91 Å². The van der Waals surface area contributed by atoms with E-state index in [0.717, 1.165) is 58.5 Å². The van der Waals surface area contributed by atoms with Crippen LogP contribution in [0.25, 0.3) is 0 Å². The van der Waals surface area contributed by atoms with Gasteiger partial charge in [-0.05, 0) is 23.6 Å². The third-order valence-corrected chi connectivity index (χ3v) is 6.24. The summed E-state index contributed by atoms with van der Waals surface area (Å²) in [5, 5.41) is 3.28. The fraction of sp³-hybridized carbons (Fsp3) is 0.667. The molecule has 4 heteroatoms. The summed E-state index contributed by atoms with van der Waals surface area (Å²) >= 11 is 0. The lowest BCUT2D eigenvalue weighted by Gasteiger charge is -2.44. The zero-order valence-corrected chi connectivity index (χ0v) is 16.1. The molecule has 1 atom stereocenters. The zero-order valence-electron chi connectivity index (χ0n) is 16.1. The van der Waals surface area contributed by atoms with Crippen LogP contribution in [0.5, 0.6) is 0 Å². The largest absolute Gasteiger partial charge is 0.354 e. The smallest absolute Gasteiger partial charge is 0.241 e. The van der Waals surface area contributed by atoms with Gasteiger partial charge in [-0.1, -0.05) is 51.5 Å². The topological polar surface area (TPSA) is 35.6 Å². The Kier molecular flexibility index (Phi) is 5.80. The lowest BCUT2D eigenvalue weighted by molar-refractivity contribution is -0.135. The van der Waals surface area contributed by atoms with Crippen LogP contribution in [0.4, 0.5) is 0 Å². The van der Waals surface area contributed by atoms with Gasteiger partial charge in [-0.15, -0.1) is 0 Å².